The van der Waals surface area contributed by atoms with E-state index in [4.69, 9.17) is 16.5 Å². The summed E-state index contributed by atoms with van der Waals surface area (Å²) in [7, 11) is 2.15. The van der Waals surface area contributed by atoms with Crippen molar-refractivity contribution < 1.29 is 0 Å². The molecule has 6 N–H and O–H groups in total. The summed E-state index contributed by atoms with van der Waals surface area (Å²) in [6.45, 7) is 5.61. The summed E-state index contributed by atoms with van der Waals surface area (Å²) in [6, 6.07) is 28.0. The third-order valence-corrected chi connectivity index (χ3v) is 6.18. The van der Waals surface area contributed by atoms with E-state index in [9.17, 15) is 0 Å². The molecule has 0 saturated carbocycles. The molecule has 4 aromatic rings. The Morgan fingerprint density at radius 1 is 0.676 bits per heavy atom. The fraction of sp³-hybridized carbons (Fsp3) is 0.241. The van der Waals surface area contributed by atoms with Crippen LogP contribution in [0, 0.1) is 0 Å². The molecule has 0 bridgehead atoms. The van der Waals surface area contributed by atoms with Gasteiger partial charge in [0, 0.05) is 45.5 Å². The highest BCUT2D eigenvalue weighted by atomic mass is 15.3. The van der Waals surface area contributed by atoms with Gasteiger partial charge in [-0.25, -0.2) is 9.97 Å². The predicted octanol–water partition coefficient (Wildman–Crippen LogP) is 4.30. The number of nitrogen functional groups attached to an aromatic ring is 2. The fourth-order valence-corrected chi connectivity index (χ4v) is 3.94. The number of hydrogen-bond donors (Lipinski definition) is 4. The van der Waals surface area contributed by atoms with Crippen LogP contribution in [0.2, 0.25) is 0 Å². The van der Waals surface area contributed by atoms with Crippen LogP contribution >= 0.6 is 0 Å². The monoisotopic (exact) mass is 496 g/mol. The largest absolute Gasteiger partial charge is 0.396 e. The number of nitrogens with two attached hydrogens (primary N) is 2. The zero-order chi connectivity index (χ0) is 25.9. The molecule has 1 aliphatic heterocycles. The van der Waals surface area contributed by atoms with Crippen molar-refractivity contribution in [2.75, 3.05) is 60.2 Å². The smallest absolute Gasteiger partial charge is 0.151 e. The second-order valence-corrected chi connectivity index (χ2v) is 9.02. The number of pyridine rings is 2. The lowest BCUT2D eigenvalue weighted by Crippen LogP contribution is -2.44. The molecule has 0 aliphatic carbocycles. The van der Waals surface area contributed by atoms with Gasteiger partial charge in [-0.1, -0.05) is 60.7 Å². The predicted molar refractivity (Wildman–Crippen MR) is 155 cm³/mol. The van der Waals surface area contributed by atoms with Crippen LogP contribution in [0.5, 0.6) is 0 Å². The first-order valence-electron chi connectivity index (χ1n) is 12.5. The number of anilines is 5. The number of rotatable bonds is 7. The van der Waals surface area contributed by atoms with Gasteiger partial charge in [-0.05, 0) is 42.4 Å². The average Bonchev–Trinajstić information content (AvgIpc) is 2.94. The summed E-state index contributed by atoms with van der Waals surface area (Å²) in [6.07, 6.45) is 1.73. The van der Waals surface area contributed by atoms with Crippen LogP contribution in [-0.2, 0) is 13.1 Å². The first-order chi connectivity index (χ1) is 18.1. The van der Waals surface area contributed by atoms with Gasteiger partial charge in [0.1, 0.15) is 11.6 Å². The Morgan fingerprint density at radius 2 is 1.24 bits per heavy atom. The Balaban J connectivity index is 0.000000186. The van der Waals surface area contributed by atoms with E-state index in [1.807, 2.05) is 60.7 Å². The van der Waals surface area contributed by atoms with Crippen molar-refractivity contribution >= 4 is 28.8 Å². The van der Waals surface area contributed by atoms with E-state index < -0.39 is 0 Å². The van der Waals surface area contributed by atoms with Gasteiger partial charge >= 0.3 is 0 Å². The maximum Gasteiger partial charge on any atom is 0.151 e. The lowest BCUT2D eigenvalue weighted by molar-refractivity contribution is 0.312. The number of benzene rings is 2. The molecule has 1 saturated heterocycles. The molecule has 0 amide bonds. The van der Waals surface area contributed by atoms with E-state index in [-0.39, 0.29) is 0 Å². The van der Waals surface area contributed by atoms with Crippen molar-refractivity contribution in [2.45, 2.75) is 13.1 Å². The first-order valence-corrected chi connectivity index (χ1v) is 12.5. The van der Waals surface area contributed by atoms with Crippen molar-refractivity contribution in [2.24, 2.45) is 0 Å². The Bertz CT molecular complexity index is 1230. The molecule has 0 spiro atoms. The van der Waals surface area contributed by atoms with Crippen LogP contribution in [0.15, 0.2) is 91.1 Å². The molecular formula is C29H36N8. The van der Waals surface area contributed by atoms with Crippen LogP contribution in [0.3, 0.4) is 0 Å². The summed E-state index contributed by atoms with van der Waals surface area (Å²) >= 11 is 0. The van der Waals surface area contributed by atoms with Crippen LogP contribution in [0.25, 0.3) is 0 Å². The third-order valence-electron chi connectivity index (χ3n) is 6.18. The molecule has 3 heterocycles. The van der Waals surface area contributed by atoms with Crippen molar-refractivity contribution in [1.82, 2.24) is 14.9 Å². The molecule has 0 atom stereocenters. The number of aromatic nitrogens is 2. The Kier molecular flexibility index (Phi) is 9.15. The van der Waals surface area contributed by atoms with E-state index in [1.54, 1.807) is 6.20 Å². The molecule has 8 heteroatoms. The highest BCUT2D eigenvalue weighted by molar-refractivity contribution is 5.65. The van der Waals surface area contributed by atoms with Gasteiger partial charge in [0.05, 0.1) is 11.4 Å². The molecular weight excluding hydrogens is 460 g/mol. The standard InChI is InChI=1S/C17H23N5.C12H13N3/c1-21-9-11-22(12-10-21)16-8-7-15(18)17(20-16)19-13-14-5-3-2-4-6-14;13-11-7-4-8-14-12(11)15-9-10-5-2-1-3-6-10/h2-8H,9-13,18H2,1H3,(H,19,20);1-8H,9,13H2,(H,14,15). The molecule has 1 fully saturated rings. The van der Waals surface area contributed by atoms with Gasteiger partial charge in [-0.2, -0.15) is 0 Å². The lowest BCUT2D eigenvalue weighted by Gasteiger charge is -2.33. The van der Waals surface area contributed by atoms with E-state index in [0.717, 1.165) is 56.7 Å². The molecule has 0 radical (unpaired) electrons. The molecule has 5 rings (SSSR count). The number of nitrogens with one attached hydrogen (secondary N) is 2. The minimum Gasteiger partial charge on any atom is -0.396 e. The van der Waals surface area contributed by atoms with Crippen LogP contribution in [0.4, 0.5) is 28.8 Å². The molecule has 192 valence electrons. The second-order valence-electron chi connectivity index (χ2n) is 9.02. The summed E-state index contributed by atoms with van der Waals surface area (Å²) < 4.78 is 0. The highest BCUT2D eigenvalue weighted by Gasteiger charge is 2.16. The quantitative estimate of drug-likeness (QED) is 0.300. The zero-order valence-electron chi connectivity index (χ0n) is 21.3. The van der Waals surface area contributed by atoms with Crippen molar-refractivity contribution in [3.05, 3.63) is 102 Å². The topological polar surface area (TPSA) is 108 Å². The maximum absolute atomic E-state index is 6.05. The fourth-order valence-electron chi connectivity index (χ4n) is 3.94. The minimum atomic E-state index is 0.674. The molecule has 8 nitrogen and oxygen atoms in total. The van der Waals surface area contributed by atoms with Crippen LogP contribution in [-0.4, -0.2) is 48.1 Å². The first kappa shape index (κ1) is 25.8. The van der Waals surface area contributed by atoms with Crippen molar-refractivity contribution in [3.63, 3.8) is 0 Å². The van der Waals surface area contributed by atoms with Gasteiger partial charge in [0.2, 0.25) is 0 Å². The maximum atomic E-state index is 6.05. The van der Waals surface area contributed by atoms with E-state index >= 15 is 0 Å². The van der Waals surface area contributed by atoms with Crippen molar-refractivity contribution in [3.8, 4) is 0 Å². The molecule has 2 aromatic carbocycles. The summed E-state index contributed by atoms with van der Waals surface area (Å²) in [5, 5.41) is 6.54. The molecule has 1 aliphatic rings. The van der Waals surface area contributed by atoms with Gasteiger partial charge in [-0.15, -0.1) is 0 Å². The molecule has 37 heavy (non-hydrogen) atoms. The summed E-state index contributed by atoms with van der Waals surface area (Å²) in [4.78, 5) is 13.5. The SMILES string of the molecule is CN1CCN(c2ccc(N)c(NCc3ccccc3)n2)CC1.Nc1cccnc1NCc1ccccc1. The summed E-state index contributed by atoms with van der Waals surface area (Å²) in [5.41, 5.74) is 15.6. The van der Waals surface area contributed by atoms with E-state index in [2.05, 4.69) is 56.7 Å². The molecule has 2 aromatic heterocycles. The average molecular weight is 497 g/mol. The van der Waals surface area contributed by atoms with Gasteiger partial charge in [0.15, 0.2) is 5.82 Å². The van der Waals surface area contributed by atoms with E-state index in [1.165, 1.54) is 11.1 Å². The lowest BCUT2D eigenvalue weighted by atomic mass is 10.2. The normalized spacial score (nSPS) is 13.4. The van der Waals surface area contributed by atoms with Crippen molar-refractivity contribution in [1.29, 1.82) is 0 Å². The minimum absolute atomic E-state index is 0.674. The number of piperazine rings is 1. The third kappa shape index (κ3) is 7.85. The Labute approximate surface area is 219 Å². The van der Waals surface area contributed by atoms with Crippen LogP contribution < -0.4 is 27.0 Å². The zero-order valence-corrected chi connectivity index (χ0v) is 21.3. The molecule has 0 unspecified atom stereocenters. The van der Waals surface area contributed by atoms with Crippen LogP contribution in [0.1, 0.15) is 11.1 Å². The van der Waals surface area contributed by atoms with Gasteiger partial charge < -0.3 is 31.9 Å². The highest BCUT2D eigenvalue weighted by Crippen LogP contribution is 2.22. The summed E-state index contributed by atoms with van der Waals surface area (Å²) in [5.74, 6) is 2.50. The number of nitrogens with zero attached hydrogens (tertiary/aromatic N) is 4. The second kappa shape index (κ2) is 13.1. The Hall–Kier alpha value is -4.30. The number of likely N-dealkylation sites (N-methyl/N-ethyl adjacent to an activating group) is 1. The van der Waals surface area contributed by atoms with Gasteiger partial charge in [-0.3, -0.25) is 0 Å². The Morgan fingerprint density at radius 3 is 1.84 bits per heavy atom. The van der Waals surface area contributed by atoms with Gasteiger partial charge in [0.25, 0.3) is 0 Å². The number of hydrogen-bond acceptors (Lipinski definition) is 8. The van der Waals surface area contributed by atoms with E-state index in [0.29, 0.717) is 11.4 Å².